The Morgan fingerprint density at radius 3 is 2.89 bits per heavy atom. The molecule has 0 aliphatic carbocycles. The summed E-state index contributed by atoms with van der Waals surface area (Å²) >= 11 is 0. The molecule has 2 aromatic carbocycles. The summed E-state index contributed by atoms with van der Waals surface area (Å²) in [5.74, 6) is 0.832. The van der Waals surface area contributed by atoms with E-state index in [1.807, 2.05) is 37.3 Å². The maximum Gasteiger partial charge on any atom is 0.219 e. The molecule has 0 amide bonds. The van der Waals surface area contributed by atoms with Crippen LogP contribution in [0.25, 0.3) is 10.9 Å². The molecule has 1 aromatic heterocycles. The number of quaternary nitrogens is 1. The molecule has 0 saturated heterocycles. The molecule has 2 atom stereocenters. The van der Waals surface area contributed by atoms with Gasteiger partial charge < -0.3 is 19.7 Å². The van der Waals surface area contributed by atoms with Gasteiger partial charge >= 0.3 is 0 Å². The Hall–Kier alpha value is -2.79. The molecule has 0 bridgehead atoms. The highest BCUT2D eigenvalue weighted by Crippen LogP contribution is 2.33. The molecule has 2 heterocycles. The molecule has 0 radical (unpaired) electrons. The number of carbonyl (C=O) groups is 1. The van der Waals surface area contributed by atoms with Crippen LogP contribution < -0.4 is 9.64 Å². The Balaban J connectivity index is 1.62. The molecule has 0 saturated carbocycles. The van der Waals surface area contributed by atoms with Crippen LogP contribution in [0.4, 0.5) is 0 Å². The number of phenolic OH excluding ortho intramolecular Hbond substituents is 1. The molecule has 3 aromatic rings. The SMILES string of the molecule is COc1cc2c(cc1O)CC[NH+](CC(=O)c1c(C)[nH]c3ccccc13)[C@H]2C. The van der Waals surface area contributed by atoms with Gasteiger partial charge in [0, 0.05) is 28.6 Å². The van der Waals surface area contributed by atoms with Crippen molar-refractivity contribution in [3.05, 3.63) is 58.8 Å². The number of hydrogen-bond acceptors (Lipinski definition) is 3. The molecular formula is C22H25N2O3+. The summed E-state index contributed by atoms with van der Waals surface area (Å²) in [6.07, 6.45) is 0.840. The molecule has 1 unspecified atom stereocenters. The fourth-order valence-corrected chi connectivity index (χ4v) is 4.31. The Labute approximate surface area is 158 Å². The van der Waals surface area contributed by atoms with Crippen LogP contribution in [0.3, 0.4) is 0 Å². The molecule has 3 N–H and O–H groups in total. The van der Waals surface area contributed by atoms with Gasteiger partial charge in [-0.1, -0.05) is 18.2 Å². The zero-order chi connectivity index (χ0) is 19.1. The number of H-pyrrole nitrogens is 1. The molecule has 5 heteroatoms. The lowest BCUT2D eigenvalue weighted by Gasteiger charge is -2.32. The fraction of sp³-hybridized carbons (Fsp3) is 0.318. The second-order valence-corrected chi connectivity index (χ2v) is 7.37. The first-order valence-electron chi connectivity index (χ1n) is 9.34. The van der Waals surface area contributed by atoms with Gasteiger partial charge in [0.05, 0.1) is 19.2 Å². The Bertz CT molecular complexity index is 1020. The number of benzene rings is 2. The fourth-order valence-electron chi connectivity index (χ4n) is 4.31. The number of ketones is 1. The third-order valence-electron chi connectivity index (χ3n) is 5.80. The van der Waals surface area contributed by atoms with Gasteiger partial charge in [0.2, 0.25) is 5.78 Å². The van der Waals surface area contributed by atoms with Crippen molar-refractivity contribution < 1.29 is 19.5 Å². The van der Waals surface area contributed by atoms with Crippen molar-refractivity contribution in [1.82, 2.24) is 4.98 Å². The smallest absolute Gasteiger partial charge is 0.219 e. The molecule has 0 spiro atoms. The van der Waals surface area contributed by atoms with Gasteiger partial charge in [0.25, 0.3) is 0 Å². The number of aromatic amines is 1. The standard InChI is InChI=1S/C22H24N2O3/c1-13-22(16-6-4-5-7-18(16)23-13)20(26)12-24-9-8-15-10-19(25)21(27-3)11-17(15)14(24)2/h4-7,10-11,14,23,25H,8-9,12H2,1-3H3/p+1/t14-/m0/s1. The van der Waals surface area contributed by atoms with E-state index in [2.05, 4.69) is 11.9 Å². The maximum atomic E-state index is 13.1. The summed E-state index contributed by atoms with van der Waals surface area (Å²) < 4.78 is 5.27. The van der Waals surface area contributed by atoms with E-state index in [4.69, 9.17) is 4.74 Å². The van der Waals surface area contributed by atoms with Gasteiger partial charge in [-0.25, -0.2) is 0 Å². The van der Waals surface area contributed by atoms with E-state index in [0.29, 0.717) is 12.3 Å². The van der Waals surface area contributed by atoms with Crippen LogP contribution in [0.1, 0.15) is 40.1 Å². The van der Waals surface area contributed by atoms with Crippen molar-refractivity contribution in [2.45, 2.75) is 26.3 Å². The summed E-state index contributed by atoms with van der Waals surface area (Å²) in [5.41, 5.74) is 5.02. The highest BCUT2D eigenvalue weighted by atomic mass is 16.5. The highest BCUT2D eigenvalue weighted by Gasteiger charge is 2.31. The van der Waals surface area contributed by atoms with E-state index in [0.717, 1.165) is 46.3 Å². The first kappa shape index (κ1) is 17.6. The Morgan fingerprint density at radius 1 is 1.33 bits per heavy atom. The van der Waals surface area contributed by atoms with Gasteiger partial charge in [-0.05, 0) is 37.6 Å². The first-order chi connectivity index (χ1) is 13.0. The number of Topliss-reactive ketones (excluding diaryl/α,β-unsaturated/α-hetero) is 1. The number of aromatic nitrogens is 1. The quantitative estimate of drug-likeness (QED) is 0.623. The summed E-state index contributed by atoms with van der Waals surface area (Å²) in [6, 6.07) is 11.8. The number of aromatic hydroxyl groups is 1. The molecule has 27 heavy (non-hydrogen) atoms. The molecule has 4 rings (SSSR count). The van der Waals surface area contributed by atoms with Gasteiger partial charge in [0.1, 0.15) is 12.6 Å². The Morgan fingerprint density at radius 2 is 2.11 bits per heavy atom. The van der Waals surface area contributed by atoms with E-state index < -0.39 is 0 Å². The number of ether oxygens (including phenoxy) is 1. The molecule has 5 nitrogen and oxygen atoms in total. The highest BCUT2D eigenvalue weighted by molar-refractivity contribution is 6.09. The zero-order valence-corrected chi connectivity index (χ0v) is 15.9. The second-order valence-electron chi connectivity index (χ2n) is 7.37. The minimum atomic E-state index is 0.165. The number of aryl methyl sites for hydroxylation is 1. The molecular weight excluding hydrogens is 340 g/mol. The summed E-state index contributed by atoms with van der Waals surface area (Å²) in [7, 11) is 1.56. The minimum absolute atomic E-state index is 0.165. The number of phenols is 1. The molecule has 1 aliphatic heterocycles. The van der Waals surface area contributed by atoms with Gasteiger partial charge in [0.15, 0.2) is 11.5 Å². The number of rotatable bonds is 4. The number of para-hydroxylation sites is 1. The van der Waals surface area contributed by atoms with Crippen LogP contribution in [0.15, 0.2) is 36.4 Å². The normalized spacial score (nSPS) is 19.1. The van der Waals surface area contributed by atoms with Crippen molar-refractivity contribution in [3.63, 3.8) is 0 Å². The molecule has 1 aliphatic rings. The molecule has 0 fully saturated rings. The monoisotopic (exact) mass is 365 g/mol. The Kier molecular flexibility index (Phi) is 4.40. The van der Waals surface area contributed by atoms with Crippen LogP contribution in [-0.4, -0.2) is 36.1 Å². The average Bonchev–Trinajstić information content (AvgIpc) is 2.99. The van der Waals surface area contributed by atoms with Crippen molar-refractivity contribution in [1.29, 1.82) is 0 Å². The number of fused-ring (bicyclic) bond motifs is 2. The third-order valence-corrected chi connectivity index (χ3v) is 5.80. The van der Waals surface area contributed by atoms with Crippen molar-refractivity contribution >= 4 is 16.7 Å². The second kappa shape index (κ2) is 6.74. The van der Waals surface area contributed by atoms with Crippen molar-refractivity contribution in [2.24, 2.45) is 0 Å². The van der Waals surface area contributed by atoms with Crippen LogP contribution in [0.5, 0.6) is 11.5 Å². The first-order valence-corrected chi connectivity index (χ1v) is 9.34. The number of methoxy groups -OCH3 is 1. The lowest BCUT2D eigenvalue weighted by Crippen LogP contribution is -3.13. The summed E-state index contributed by atoms with van der Waals surface area (Å²) in [5, 5.41) is 11.0. The third kappa shape index (κ3) is 2.98. The predicted molar refractivity (Wildman–Crippen MR) is 105 cm³/mol. The van der Waals surface area contributed by atoms with Gasteiger partial charge in [-0.15, -0.1) is 0 Å². The van der Waals surface area contributed by atoms with E-state index >= 15 is 0 Å². The van der Waals surface area contributed by atoms with Crippen molar-refractivity contribution in [3.8, 4) is 11.5 Å². The number of nitrogens with one attached hydrogen (secondary N) is 2. The zero-order valence-electron chi connectivity index (χ0n) is 15.9. The van der Waals surface area contributed by atoms with Crippen molar-refractivity contribution in [2.75, 3.05) is 20.2 Å². The van der Waals surface area contributed by atoms with E-state index in [1.54, 1.807) is 13.2 Å². The van der Waals surface area contributed by atoms with E-state index in [9.17, 15) is 9.90 Å². The lowest BCUT2D eigenvalue weighted by molar-refractivity contribution is -0.923. The van der Waals surface area contributed by atoms with Gasteiger partial charge in [-0.3, -0.25) is 4.79 Å². The number of hydrogen-bond donors (Lipinski definition) is 3. The predicted octanol–water partition coefficient (Wildman–Crippen LogP) is 2.58. The summed E-state index contributed by atoms with van der Waals surface area (Å²) in [4.78, 5) is 17.7. The largest absolute Gasteiger partial charge is 0.504 e. The lowest BCUT2D eigenvalue weighted by atomic mass is 9.92. The summed E-state index contributed by atoms with van der Waals surface area (Å²) in [6.45, 7) is 5.42. The molecule has 140 valence electrons. The van der Waals surface area contributed by atoms with Crippen LogP contribution in [0.2, 0.25) is 0 Å². The minimum Gasteiger partial charge on any atom is -0.504 e. The van der Waals surface area contributed by atoms with Crippen LogP contribution >= 0.6 is 0 Å². The van der Waals surface area contributed by atoms with E-state index in [-0.39, 0.29) is 17.6 Å². The van der Waals surface area contributed by atoms with Crippen LogP contribution in [0, 0.1) is 6.92 Å². The number of carbonyl (C=O) groups excluding carboxylic acids is 1. The maximum absolute atomic E-state index is 13.1. The van der Waals surface area contributed by atoms with Crippen LogP contribution in [-0.2, 0) is 6.42 Å². The van der Waals surface area contributed by atoms with Gasteiger partial charge in [-0.2, -0.15) is 0 Å². The topological polar surface area (TPSA) is 66.8 Å². The average molecular weight is 365 g/mol. The van der Waals surface area contributed by atoms with E-state index in [1.165, 1.54) is 4.90 Å².